The van der Waals surface area contributed by atoms with Crippen LogP contribution in [0.25, 0.3) is 17.0 Å². The van der Waals surface area contributed by atoms with E-state index in [-0.39, 0.29) is 0 Å². The standard InChI is InChI=1S/C20H19ClN4/c1-2-4-15-9-12-24(13-15)14-18-19(16-5-7-17(21)8-6-16)23-20-22-10-3-11-25(18)20/h3,5-13H,2,4,14H2,1H3. The van der Waals surface area contributed by atoms with Crippen molar-refractivity contribution in [1.29, 1.82) is 0 Å². The second-order valence-electron chi connectivity index (χ2n) is 6.15. The molecule has 3 aromatic heterocycles. The Hall–Kier alpha value is -2.59. The highest BCUT2D eigenvalue weighted by atomic mass is 35.5. The Morgan fingerprint density at radius 3 is 2.72 bits per heavy atom. The lowest BCUT2D eigenvalue weighted by atomic mass is 10.1. The molecule has 0 atom stereocenters. The SMILES string of the molecule is CCCc1ccn(Cc2c(-c3ccc(Cl)cc3)nc3ncccn23)c1. The lowest BCUT2D eigenvalue weighted by Gasteiger charge is -2.07. The molecular weight excluding hydrogens is 332 g/mol. The van der Waals surface area contributed by atoms with Crippen molar-refractivity contribution in [3.8, 4) is 11.3 Å². The summed E-state index contributed by atoms with van der Waals surface area (Å²) in [5.41, 5.74) is 4.47. The van der Waals surface area contributed by atoms with Gasteiger partial charge in [-0.1, -0.05) is 37.1 Å². The summed E-state index contributed by atoms with van der Waals surface area (Å²) in [6.45, 7) is 2.95. The summed E-state index contributed by atoms with van der Waals surface area (Å²) in [5.74, 6) is 0.711. The second kappa shape index (κ2) is 6.73. The van der Waals surface area contributed by atoms with E-state index in [1.54, 1.807) is 6.20 Å². The molecule has 0 radical (unpaired) electrons. The van der Waals surface area contributed by atoms with Crippen molar-refractivity contribution >= 4 is 17.4 Å². The zero-order chi connectivity index (χ0) is 17.2. The van der Waals surface area contributed by atoms with Crippen LogP contribution in [0.3, 0.4) is 0 Å². The van der Waals surface area contributed by atoms with E-state index in [1.165, 1.54) is 5.56 Å². The fourth-order valence-corrected chi connectivity index (χ4v) is 3.25. The molecule has 1 aromatic carbocycles. The molecule has 25 heavy (non-hydrogen) atoms. The van der Waals surface area contributed by atoms with Gasteiger partial charge in [-0.3, -0.25) is 4.40 Å². The number of hydrogen-bond acceptors (Lipinski definition) is 2. The average molecular weight is 351 g/mol. The van der Waals surface area contributed by atoms with Crippen LogP contribution in [0.5, 0.6) is 0 Å². The number of aromatic nitrogens is 4. The molecular formula is C20H19ClN4. The van der Waals surface area contributed by atoms with Crippen molar-refractivity contribution in [1.82, 2.24) is 18.9 Å². The highest BCUT2D eigenvalue weighted by Crippen LogP contribution is 2.26. The van der Waals surface area contributed by atoms with Crippen molar-refractivity contribution in [3.05, 3.63) is 77.5 Å². The van der Waals surface area contributed by atoms with Gasteiger partial charge in [0.15, 0.2) is 0 Å². The van der Waals surface area contributed by atoms with E-state index in [0.29, 0.717) is 5.78 Å². The normalized spacial score (nSPS) is 11.3. The van der Waals surface area contributed by atoms with Crippen LogP contribution in [0.4, 0.5) is 0 Å². The fraction of sp³-hybridized carbons (Fsp3) is 0.200. The molecule has 0 spiro atoms. The van der Waals surface area contributed by atoms with Gasteiger partial charge in [-0.25, -0.2) is 9.97 Å². The molecule has 0 amide bonds. The van der Waals surface area contributed by atoms with E-state index in [9.17, 15) is 0 Å². The molecule has 0 saturated carbocycles. The predicted octanol–water partition coefficient (Wildman–Crippen LogP) is 4.85. The second-order valence-corrected chi connectivity index (χ2v) is 6.58. The molecule has 5 heteroatoms. The first kappa shape index (κ1) is 15.9. The quantitative estimate of drug-likeness (QED) is 0.515. The Kier molecular flexibility index (Phi) is 4.28. The predicted molar refractivity (Wildman–Crippen MR) is 101 cm³/mol. The van der Waals surface area contributed by atoms with E-state index < -0.39 is 0 Å². The van der Waals surface area contributed by atoms with Gasteiger partial charge in [-0.2, -0.15) is 0 Å². The molecule has 4 aromatic rings. The van der Waals surface area contributed by atoms with Crippen LogP contribution in [0.1, 0.15) is 24.6 Å². The van der Waals surface area contributed by atoms with Crippen LogP contribution in [0, 0.1) is 0 Å². The molecule has 0 unspecified atom stereocenters. The van der Waals surface area contributed by atoms with Crippen molar-refractivity contribution in [2.75, 3.05) is 0 Å². The molecule has 0 bridgehead atoms. The van der Waals surface area contributed by atoms with Crippen molar-refractivity contribution in [2.24, 2.45) is 0 Å². The van der Waals surface area contributed by atoms with Crippen molar-refractivity contribution < 1.29 is 0 Å². The first-order chi connectivity index (χ1) is 12.2. The number of benzene rings is 1. The zero-order valence-electron chi connectivity index (χ0n) is 14.1. The molecule has 0 fully saturated rings. The Bertz CT molecular complexity index is 998. The number of aryl methyl sites for hydroxylation is 1. The van der Waals surface area contributed by atoms with Crippen molar-refractivity contribution in [3.63, 3.8) is 0 Å². The monoisotopic (exact) mass is 350 g/mol. The van der Waals surface area contributed by atoms with E-state index >= 15 is 0 Å². The summed E-state index contributed by atoms with van der Waals surface area (Å²) in [7, 11) is 0. The first-order valence-corrected chi connectivity index (χ1v) is 8.85. The van der Waals surface area contributed by atoms with E-state index in [4.69, 9.17) is 16.6 Å². The molecule has 0 aliphatic rings. The summed E-state index contributed by atoms with van der Waals surface area (Å²) >= 11 is 6.04. The van der Waals surface area contributed by atoms with Crippen LogP contribution < -0.4 is 0 Å². The van der Waals surface area contributed by atoms with E-state index in [0.717, 1.165) is 41.4 Å². The summed E-state index contributed by atoms with van der Waals surface area (Å²) in [6, 6.07) is 11.9. The van der Waals surface area contributed by atoms with E-state index in [2.05, 4.69) is 39.3 Å². The van der Waals surface area contributed by atoms with Crippen molar-refractivity contribution in [2.45, 2.75) is 26.3 Å². The number of imidazole rings is 1. The lowest BCUT2D eigenvalue weighted by Crippen LogP contribution is -2.02. The zero-order valence-corrected chi connectivity index (χ0v) is 14.8. The molecule has 0 saturated heterocycles. The average Bonchev–Trinajstić information content (AvgIpc) is 3.21. The Balaban J connectivity index is 1.79. The van der Waals surface area contributed by atoms with E-state index in [1.807, 2.05) is 36.5 Å². The maximum Gasteiger partial charge on any atom is 0.234 e. The van der Waals surface area contributed by atoms with Gasteiger partial charge in [-0.15, -0.1) is 0 Å². The third-order valence-corrected chi connectivity index (χ3v) is 4.56. The molecule has 0 aliphatic heterocycles. The van der Waals surface area contributed by atoms with Gasteiger partial charge in [-0.05, 0) is 36.2 Å². The molecule has 3 heterocycles. The number of fused-ring (bicyclic) bond motifs is 1. The summed E-state index contributed by atoms with van der Waals surface area (Å²) in [5, 5.41) is 0.724. The van der Waals surface area contributed by atoms with Gasteiger partial charge in [0.2, 0.25) is 5.78 Å². The molecule has 4 nitrogen and oxygen atoms in total. The first-order valence-electron chi connectivity index (χ1n) is 8.47. The Labute approximate surface area is 151 Å². The van der Waals surface area contributed by atoms with Crippen LogP contribution in [-0.2, 0) is 13.0 Å². The van der Waals surface area contributed by atoms with Crippen LogP contribution in [-0.4, -0.2) is 18.9 Å². The minimum atomic E-state index is 0.711. The fourth-order valence-electron chi connectivity index (χ4n) is 3.12. The van der Waals surface area contributed by atoms with Gasteiger partial charge in [0.25, 0.3) is 0 Å². The number of nitrogens with zero attached hydrogens (tertiary/aromatic N) is 4. The van der Waals surface area contributed by atoms with Crippen LogP contribution in [0.2, 0.25) is 5.02 Å². The van der Waals surface area contributed by atoms with Gasteiger partial charge < -0.3 is 4.57 Å². The molecule has 0 N–H and O–H groups in total. The van der Waals surface area contributed by atoms with Gasteiger partial charge >= 0.3 is 0 Å². The molecule has 0 aliphatic carbocycles. The van der Waals surface area contributed by atoms with Gasteiger partial charge in [0, 0.05) is 35.4 Å². The number of rotatable bonds is 5. The number of hydrogen-bond donors (Lipinski definition) is 0. The third-order valence-electron chi connectivity index (χ3n) is 4.30. The highest BCUT2D eigenvalue weighted by molar-refractivity contribution is 6.30. The third kappa shape index (κ3) is 3.17. The largest absolute Gasteiger partial charge is 0.348 e. The maximum absolute atomic E-state index is 6.04. The number of halogens is 1. The van der Waals surface area contributed by atoms with Gasteiger partial charge in [0.1, 0.15) is 0 Å². The Morgan fingerprint density at radius 1 is 1.08 bits per heavy atom. The summed E-state index contributed by atoms with van der Waals surface area (Å²) < 4.78 is 4.27. The topological polar surface area (TPSA) is 35.1 Å². The van der Waals surface area contributed by atoms with Gasteiger partial charge in [0.05, 0.1) is 17.9 Å². The molecule has 126 valence electrons. The summed E-state index contributed by atoms with van der Waals surface area (Å²) in [4.78, 5) is 9.15. The highest BCUT2D eigenvalue weighted by Gasteiger charge is 2.15. The smallest absolute Gasteiger partial charge is 0.234 e. The minimum absolute atomic E-state index is 0.711. The lowest BCUT2D eigenvalue weighted by molar-refractivity contribution is 0.767. The van der Waals surface area contributed by atoms with Crippen LogP contribution in [0.15, 0.2) is 61.2 Å². The van der Waals surface area contributed by atoms with Crippen LogP contribution >= 0.6 is 11.6 Å². The minimum Gasteiger partial charge on any atom is -0.348 e. The molecule has 4 rings (SSSR count). The summed E-state index contributed by atoms with van der Waals surface area (Å²) in [6.07, 6.45) is 10.4. The Morgan fingerprint density at radius 2 is 1.92 bits per heavy atom. The maximum atomic E-state index is 6.04.